The van der Waals surface area contributed by atoms with Crippen LogP contribution in [0.3, 0.4) is 0 Å². The van der Waals surface area contributed by atoms with Crippen molar-refractivity contribution in [3.63, 3.8) is 0 Å². The molecule has 2 aromatic carbocycles. The first kappa shape index (κ1) is 17.3. The van der Waals surface area contributed by atoms with E-state index in [1.807, 2.05) is 0 Å². The van der Waals surface area contributed by atoms with Crippen LogP contribution in [0.5, 0.6) is 0 Å². The van der Waals surface area contributed by atoms with Crippen molar-refractivity contribution >= 4 is 28.3 Å². The molecule has 0 radical (unpaired) electrons. The van der Waals surface area contributed by atoms with Crippen LogP contribution in [0.25, 0.3) is 0 Å². The van der Waals surface area contributed by atoms with Gasteiger partial charge in [-0.3, -0.25) is 0 Å². The summed E-state index contributed by atoms with van der Waals surface area (Å²) in [6, 6.07) is 17.4. The molecule has 0 unspecified atom stereocenters. The fourth-order valence-electron chi connectivity index (χ4n) is 2.63. The van der Waals surface area contributed by atoms with Crippen molar-refractivity contribution in [2.45, 2.75) is 26.4 Å². The summed E-state index contributed by atoms with van der Waals surface area (Å²) in [5, 5.41) is 0. The topological polar surface area (TPSA) is 6.48 Å². The summed E-state index contributed by atoms with van der Waals surface area (Å²) in [6.45, 7) is 5.28. The van der Waals surface area contributed by atoms with Crippen molar-refractivity contribution in [3.05, 3.63) is 63.2 Å². The molecule has 118 valence electrons. The molecule has 0 amide bonds. The van der Waals surface area contributed by atoms with Crippen LogP contribution >= 0.6 is 22.6 Å². The maximum absolute atomic E-state index is 2.50. The van der Waals surface area contributed by atoms with E-state index in [0.29, 0.717) is 0 Å². The lowest BCUT2D eigenvalue weighted by molar-refractivity contribution is 0.401. The Morgan fingerprint density at radius 2 is 1.64 bits per heavy atom. The second-order valence-corrected chi connectivity index (χ2v) is 6.97. The average molecular weight is 408 g/mol. The van der Waals surface area contributed by atoms with Crippen LogP contribution in [0.4, 0.5) is 5.69 Å². The number of benzene rings is 2. The van der Waals surface area contributed by atoms with Crippen molar-refractivity contribution in [3.8, 4) is 0 Å². The molecule has 0 aromatic heterocycles. The van der Waals surface area contributed by atoms with E-state index < -0.39 is 0 Å². The van der Waals surface area contributed by atoms with Crippen molar-refractivity contribution < 1.29 is 0 Å². The van der Waals surface area contributed by atoms with Gasteiger partial charge in [-0.25, -0.2) is 0 Å². The van der Waals surface area contributed by atoms with E-state index in [0.717, 1.165) is 26.1 Å². The van der Waals surface area contributed by atoms with Gasteiger partial charge in [0.2, 0.25) is 0 Å². The number of hydrogen-bond acceptors (Lipinski definition) is 2. The molecule has 2 rings (SSSR count). The summed E-state index contributed by atoms with van der Waals surface area (Å²) in [5.74, 6) is 0. The Morgan fingerprint density at radius 1 is 0.909 bits per heavy atom. The number of hydrogen-bond donors (Lipinski definition) is 0. The standard InChI is InChI=1S/C19H25IN2/c1-4-13-22(14-16-9-6-5-7-10-16)18-12-8-11-17(19(18)20)15-21(2)3/h5-12H,4,13-15H2,1-3H3. The van der Waals surface area contributed by atoms with Gasteiger partial charge in [0.1, 0.15) is 0 Å². The first-order valence-corrected chi connectivity index (χ1v) is 8.90. The van der Waals surface area contributed by atoms with Crippen LogP contribution < -0.4 is 4.90 Å². The lowest BCUT2D eigenvalue weighted by atomic mass is 10.1. The molecule has 22 heavy (non-hydrogen) atoms. The molecule has 0 heterocycles. The van der Waals surface area contributed by atoms with E-state index >= 15 is 0 Å². The summed E-state index contributed by atoms with van der Waals surface area (Å²) >= 11 is 2.50. The number of nitrogens with zero attached hydrogens (tertiary/aromatic N) is 2. The minimum atomic E-state index is 0.968. The Kier molecular flexibility index (Phi) is 6.70. The van der Waals surface area contributed by atoms with E-state index in [-0.39, 0.29) is 0 Å². The largest absolute Gasteiger partial charge is 0.366 e. The Balaban J connectivity index is 2.28. The van der Waals surface area contributed by atoms with Crippen molar-refractivity contribution in [2.75, 3.05) is 25.5 Å². The monoisotopic (exact) mass is 408 g/mol. The van der Waals surface area contributed by atoms with Gasteiger partial charge >= 0.3 is 0 Å². The van der Waals surface area contributed by atoms with Gasteiger partial charge in [-0.1, -0.05) is 49.4 Å². The van der Waals surface area contributed by atoms with Crippen LogP contribution in [-0.2, 0) is 13.1 Å². The minimum absolute atomic E-state index is 0.968. The highest BCUT2D eigenvalue weighted by atomic mass is 127. The Labute approximate surface area is 148 Å². The molecule has 0 aliphatic carbocycles. The van der Waals surface area contributed by atoms with Crippen LogP contribution in [-0.4, -0.2) is 25.5 Å². The summed E-state index contributed by atoms with van der Waals surface area (Å²) in [7, 11) is 4.24. The SMILES string of the molecule is CCCN(Cc1ccccc1)c1cccc(CN(C)C)c1I. The van der Waals surface area contributed by atoms with Crippen LogP contribution in [0.15, 0.2) is 48.5 Å². The van der Waals surface area contributed by atoms with E-state index in [9.17, 15) is 0 Å². The second-order valence-electron chi connectivity index (χ2n) is 5.90. The predicted octanol–water partition coefficient (Wildman–Crippen LogP) is 4.77. The van der Waals surface area contributed by atoms with Gasteiger partial charge in [0.15, 0.2) is 0 Å². The maximum Gasteiger partial charge on any atom is 0.0508 e. The summed E-state index contributed by atoms with van der Waals surface area (Å²) in [4.78, 5) is 4.72. The molecule has 2 aromatic rings. The van der Waals surface area contributed by atoms with Gasteiger partial charge < -0.3 is 9.80 Å². The van der Waals surface area contributed by atoms with Crippen molar-refractivity contribution in [1.29, 1.82) is 0 Å². The fraction of sp³-hybridized carbons (Fsp3) is 0.368. The molecule has 0 fully saturated rings. The first-order valence-electron chi connectivity index (χ1n) is 7.82. The van der Waals surface area contributed by atoms with Gasteiger partial charge in [-0.2, -0.15) is 0 Å². The van der Waals surface area contributed by atoms with Gasteiger partial charge in [-0.05, 0) is 60.3 Å². The van der Waals surface area contributed by atoms with E-state index in [2.05, 4.69) is 102 Å². The molecule has 0 bridgehead atoms. The molecular weight excluding hydrogens is 383 g/mol. The van der Waals surface area contributed by atoms with E-state index in [1.54, 1.807) is 0 Å². The Morgan fingerprint density at radius 3 is 2.27 bits per heavy atom. The van der Waals surface area contributed by atoms with Gasteiger partial charge in [0.05, 0.1) is 5.69 Å². The zero-order valence-electron chi connectivity index (χ0n) is 13.7. The zero-order valence-corrected chi connectivity index (χ0v) is 15.9. The summed E-state index contributed by atoms with van der Waals surface area (Å²) in [5.41, 5.74) is 4.12. The third-order valence-electron chi connectivity index (χ3n) is 3.60. The van der Waals surface area contributed by atoms with E-state index in [1.165, 1.54) is 20.4 Å². The third-order valence-corrected chi connectivity index (χ3v) is 4.84. The first-order chi connectivity index (χ1) is 10.6. The zero-order chi connectivity index (χ0) is 15.9. The van der Waals surface area contributed by atoms with Crippen LogP contribution in [0.1, 0.15) is 24.5 Å². The molecule has 2 nitrogen and oxygen atoms in total. The number of anilines is 1. The highest BCUT2D eigenvalue weighted by molar-refractivity contribution is 14.1. The second kappa shape index (κ2) is 8.53. The van der Waals surface area contributed by atoms with Crippen molar-refractivity contribution in [1.82, 2.24) is 4.90 Å². The molecule has 0 aliphatic heterocycles. The summed E-state index contributed by atoms with van der Waals surface area (Å²) in [6.07, 6.45) is 1.15. The average Bonchev–Trinajstić information content (AvgIpc) is 2.50. The lowest BCUT2D eigenvalue weighted by Crippen LogP contribution is -2.25. The predicted molar refractivity (Wildman–Crippen MR) is 104 cm³/mol. The Hall–Kier alpha value is -1.07. The third kappa shape index (κ3) is 4.71. The van der Waals surface area contributed by atoms with Gasteiger partial charge in [-0.15, -0.1) is 0 Å². The molecule has 0 atom stereocenters. The number of halogens is 1. The molecule has 0 saturated carbocycles. The normalized spacial score (nSPS) is 11.0. The Bertz CT molecular complexity index is 581. The van der Waals surface area contributed by atoms with Crippen LogP contribution in [0.2, 0.25) is 0 Å². The van der Waals surface area contributed by atoms with Crippen LogP contribution in [0, 0.1) is 3.57 Å². The van der Waals surface area contributed by atoms with Crippen molar-refractivity contribution in [2.24, 2.45) is 0 Å². The number of rotatable bonds is 7. The molecule has 0 saturated heterocycles. The van der Waals surface area contributed by atoms with E-state index in [4.69, 9.17) is 0 Å². The van der Waals surface area contributed by atoms with Gasteiger partial charge in [0, 0.05) is 23.2 Å². The molecule has 0 aliphatic rings. The highest BCUT2D eigenvalue weighted by Gasteiger charge is 2.13. The molecule has 0 spiro atoms. The summed E-state index contributed by atoms with van der Waals surface area (Å²) < 4.78 is 1.37. The quantitative estimate of drug-likeness (QED) is 0.609. The highest BCUT2D eigenvalue weighted by Crippen LogP contribution is 2.28. The molecular formula is C19H25IN2. The minimum Gasteiger partial charge on any atom is -0.366 e. The molecule has 3 heteroatoms. The smallest absolute Gasteiger partial charge is 0.0508 e. The fourth-order valence-corrected chi connectivity index (χ4v) is 3.50. The maximum atomic E-state index is 2.50. The van der Waals surface area contributed by atoms with Gasteiger partial charge in [0.25, 0.3) is 0 Å². The molecule has 0 N–H and O–H groups in total. The lowest BCUT2D eigenvalue weighted by Gasteiger charge is -2.27.